The van der Waals surface area contributed by atoms with Crippen molar-refractivity contribution in [3.05, 3.63) is 60.1 Å². The lowest BCUT2D eigenvalue weighted by atomic mass is 9.74. The Labute approximate surface area is 186 Å². The molecule has 2 N–H and O–H groups in total. The van der Waals surface area contributed by atoms with Crippen LogP contribution < -0.4 is 10.6 Å². The lowest BCUT2D eigenvalue weighted by Crippen LogP contribution is -2.44. The zero-order chi connectivity index (χ0) is 21.4. The number of ether oxygens (including phenoxy) is 1. The van der Waals surface area contributed by atoms with Gasteiger partial charge in [-0.05, 0) is 63.4 Å². The fourth-order valence-corrected chi connectivity index (χ4v) is 4.80. The third-order valence-electron chi connectivity index (χ3n) is 6.64. The molecule has 31 heavy (non-hydrogen) atoms. The number of rotatable bonds is 8. The molecule has 0 amide bonds. The Hall–Kier alpha value is -2.31. The highest BCUT2D eigenvalue weighted by molar-refractivity contribution is 5.79. The molecule has 2 saturated heterocycles. The van der Waals surface area contributed by atoms with E-state index in [-0.39, 0.29) is 11.5 Å². The van der Waals surface area contributed by atoms with E-state index in [9.17, 15) is 0 Å². The number of hydrogen-bond acceptors (Lipinski definition) is 4. The highest BCUT2D eigenvalue weighted by Gasteiger charge is 2.34. The van der Waals surface area contributed by atoms with Crippen molar-refractivity contribution in [1.82, 2.24) is 15.5 Å². The minimum Gasteiger partial charge on any atom is -0.468 e. The predicted molar refractivity (Wildman–Crippen MR) is 124 cm³/mol. The van der Waals surface area contributed by atoms with Crippen molar-refractivity contribution < 1.29 is 9.15 Å². The summed E-state index contributed by atoms with van der Waals surface area (Å²) in [6.07, 6.45) is 6.29. The number of guanidine groups is 1. The van der Waals surface area contributed by atoms with E-state index >= 15 is 0 Å². The zero-order valence-corrected chi connectivity index (χ0v) is 18.7. The van der Waals surface area contributed by atoms with Gasteiger partial charge in [0, 0.05) is 31.7 Å². The van der Waals surface area contributed by atoms with Gasteiger partial charge in [0.25, 0.3) is 0 Å². The molecule has 0 saturated carbocycles. The van der Waals surface area contributed by atoms with Gasteiger partial charge in [-0.25, -0.2) is 0 Å². The van der Waals surface area contributed by atoms with Crippen molar-refractivity contribution >= 4 is 5.96 Å². The molecule has 6 nitrogen and oxygen atoms in total. The predicted octanol–water partition coefficient (Wildman–Crippen LogP) is 3.72. The van der Waals surface area contributed by atoms with Crippen LogP contribution in [-0.2, 0) is 10.2 Å². The van der Waals surface area contributed by atoms with Gasteiger partial charge in [0.2, 0.25) is 0 Å². The van der Waals surface area contributed by atoms with Crippen LogP contribution in [0.25, 0.3) is 0 Å². The second-order valence-electron chi connectivity index (χ2n) is 8.61. The highest BCUT2D eigenvalue weighted by Crippen LogP contribution is 2.35. The Bertz CT molecular complexity index is 794. The summed E-state index contributed by atoms with van der Waals surface area (Å²) >= 11 is 0. The van der Waals surface area contributed by atoms with E-state index in [0.29, 0.717) is 0 Å². The second-order valence-corrected chi connectivity index (χ2v) is 8.61. The number of hydrogen-bond donors (Lipinski definition) is 2. The number of furan rings is 1. The maximum Gasteiger partial charge on any atom is 0.191 e. The van der Waals surface area contributed by atoms with Crippen LogP contribution >= 0.6 is 0 Å². The molecule has 168 valence electrons. The summed E-state index contributed by atoms with van der Waals surface area (Å²) in [4.78, 5) is 7.57. The third kappa shape index (κ3) is 5.49. The molecule has 2 aliphatic rings. The van der Waals surface area contributed by atoms with E-state index in [1.807, 2.05) is 6.07 Å². The van der Waals surface area contributed by atoms with Crippen LogP contribution in [0.4, 0.5) is 0 Å². The highest BCUT2D eigenvalue weighted by atomic mass is 16.5. The smallest absolute Gasteiger partial charge is 0.191 e. The molecule has 1 aromatic carbocycles. The maximum absolute atomic E-state index is 5.77. The number of likely N-dealkylation sites (tertiary alicyclic amines) is 1. The summed E-state index contributed by atoms with van der Waals surface area (Å²) < 4.78 is 11.5. The van der Waals surface area contributed by atoms with Crippen LogP contribution in [-0.4, -0.2) is 56.8 Å². The first kappa shape index (κ1) is 21.9. The average molecular weight is 425 g/mol. The molecule has 1 atom stereocenters. The van der Waals surface area contributed by atoms with Crippen molar-refractivity contribution in [2.75, 3.05) is 45.9 Å². The molecule has 0 bridgehead atoms. The fourth-order valence-electron chi connectivity index (χ4n) is 4.80. The van der Waals surface area contributed by atoms with E-state index in [1.54, 1.807) is 6.26 Å². The SMILES string of the molecule is CCNC(=NCC1(c2ccccc2)CCOCC1)NCC(c1ccco1)N1CCCC1. The standard InChI is InChI=1S/C25H36N4O2/c1-2-26-24(27-19-22(23-11-8-16-31-23)29-14-6-7-15-29)28-20-25(12-17-30-18-13-25)21-9-4-3-5-10-21/h3-5,8-11,16,22H,2,6-7,12-15,17-20H2,1H3,(H2,26,27,28). The van der Waals surface area contributed by atoms with Crippen LogP contribution in [0.1, 0.15) is 50.0 Å². The molecule has 1 unspecified atom stereocenters. The number of benzene rings is 1. The van der Waals surface area contributed by atoms with Crippen molar-refractivity contribution in [3.63, 3.8) is 0 Å². The van der Waals surface area contributed by atoms with Gasteiger partial charge in [-0.1, -0.05) is 30.3 Å². The van der Waals surface area contributed by atoms with Gasteiger partial charge in [0.05, 0.1) is 18.8 Å². The van der Waals surface area contributed by atoms with Crippen molar-refractivity contribution in [2.45, 2.75) is 44.1 Å². The van der Waals surface area contributed by atoms with Crippen LogP contribution in [0.2, 0.25) is 0 Å². The van der Waals surface area contributed by atoms with Crippen molar-refractivity contribution in [2.24, 2.45) is 4.99 Å². The summed E-state index contributed by atoms with van der Waals surface area (Å²) in [5.74, 6) is 1.90. The third-order valence-corrected chi connectivity index (χ3v) is 6.64. The largest absolute Gasteiger partial charge is 0.468 e. The molecule has 1 aromatic heterocycles. The molecule has 0 radical (unpaired) electrons. The summed E-state index contributed by atoms with van der Waals surface area (Å²) in [7, 11) is 0. The van der Waals surface area contributed by atoms with E-state index in [1.165, 1.54) is 18.4 Å². The summed E-state index contributed by atoms with van der Waals surface area (Å²) in [6, 6.07) is 15.1. The number of nitrogens with zero attached hydrogens (tertiary/aromatic N) is 2. The maximum atomic E-state index is 5.77. The molecule has 2 aromatic rings. The van der Waals surface area contributed by atoms with Crippen LogP contribution in [0.5, 0.6) is 0 Å². The van der Waals surface area contributed by atoms with Crippen LogP contribution in [0, 0.1) is 0 Å². The normalized spacial score (nSPS) is 20.5. The molecule has 2 fully saturated rings. The van der Waals surface area contributed by atoms with Gasteiger partial charge in [-0.15, -0.1) is 0 Å². The monoisotopic (exact) mass is 424 g/mol. The molecule has 2 aliphatic heterocycles. The molecule has 0 spiro atoms. The molecular formula is C25H36N4O2. The first-order valence-corrected chi connectivity index (χ1v) is 11.7. The Balaban J connectivity index is 1.48. The Kier molecular flexibility index (Phi) is 7.65. The lowest BCUT2D eigenvalue weighted by Gasteiger charge is -2.36. The summed E-state index contributed by atoms with van der Waals surface area (Å²) in [5.41, 5.74) is 1.40. The van der Waals surface area contributed by atoms with Gasteiger partial charge in [0.1, 0.15) is 5.76 Å². The zero-order valence-electron chi connectivity index (χ0n) is 18.7. The van der Waals surface area contributed by atoms with Gasteiger partial charge >= 0.3 is 0 Å². The summed E-state index contributed by atoms with van der Waals surface area (Å²) in [6.45, 7) is 8.32. The minimum atomic E-state index is 0.0389. The van der Waals surface area contributed by atoms with Gasteiger partial charge in [-0.3, -0.25) is 9.89 Å². The Morgan fingerprint density at radius 1 is 1.06 bits per heavy atom. The molecule has 0 aliphatic carbocycles. The first-order valence-electron chi connectivity index (χ1n) is 11.7. The van der Waals surface area contributed by atoms with E-state index in [2.05, 4.69) is 58.9 Å². The first-order chi connectivity index (χ1) is 15.3. The second kappa shape index (κ2) is 10.8. The average Bonchev–Trinajstić information content (AvgIpc) is 3.54. The van der Waals surface area contributed by atoms with E-state index in [0.717, 1.165) is 70.5 Å². The van der Waals surface area contributed by atoms with Crippen molar-refractivity contribution in [3.8, 4) is 0 Å². The quantitative estimate of drug-likeness (QED) is 0.500. The van der Waals surface area contributed by atoms with Gasteiger partial charge < -0.3 is 19.8 Å². The van der Waals surface area contributed by atoms with Crippen molar-refractivity contribution in [1.29, 1.82) is 0 Å². The van der Waals surface area contributed by atoms with Gasteiger partial charge in [0.15, 0.2) is 5.96 Å². The Morgan fingerprint density at radius 3 is 2.52 bits per heavy atom. The number of aliphatic imine (C=N–C) groups is 1. The minimum absolute atomic E-state index is 0.0389. The van der Waals surface area contributed by atoms with Gasteiger partial charge in [-0.2, -0.15) is 0 Å². The topological polar surface area (TPSA) is 62.0 Å². The van der Waals surface area contributed by atoms with E-state index < -0.39 is 0 Å². The molecular weight excluding hydrogens is 388 g/mol. The van der Waals surface area contributed by atoms with Crippen LogP contribution in [0.3, 0.4) is 0 Å². The molecule has 4 rings (SSSR count). The fraction of sp³-hybridized carbons (Fsp3) is 0.560. The summed E-state index contributed by atoms with van der Waals surface area (Å²) in [5, 5.41) is 7.04. The molecule has 3 heterocycles. The molecule has 6 heteroatoms. The lowest BCUT2D eigenvalue weighted by molar-refractivity contribution is 0.0531. The van der Waals surface area contributed by atoms with Crippen LogP contribution in [0.15, 0.2) is 58.1 Å². The Morgan fingerprint density at radius 2 is 1.84 bits per heavy atom. The number of nitrogens with one attached hydrogen (secondary N) is 2. The van der Waals surface area contributed by atoms with E-state index in [4.69, 9.17) is 14.1 Å².